The highest BCUT2D eigenvalue weighted by atomic mass is 19.1. The van der Waals surface area contributed by atoms with Crippen molar-refractivity contribution in [2.75, 3.05) is 6.54 Å². The zero-order chi connectivity index (χ0) is 17.1. The first-order valence-electron chi connectivity index (χ1n) is 8.96. The molecule has 2 fully saturated rings. The minimum Gasteiger partial charge on any atom is -0.353 e. The fourth-order valence-electron chi connectivity index (χ4n) is 4.08. The molecule has 1 N–H and O–H groups in total. The average molecular weight is 332 g/mol. The molecule has 5 heteroatoms. The number of hydrogen-bond acceptors (Lipinski definition) is 2. The number of carbonyl (C=O) groups excluding carboxylic acids is 2. The molecule has 1 aliphatic heterocycles. The van der Waals surface area contributed by atoms with E-state index in [2.05, 4.69) is 5.32 Å². The molecule has 24 heavy (non-hydrogen) atoms. The maximum atomic E-state index is 14.4. The molecule has 2 aliphatic rings. The average Bonchev–Trinajstić information content (AvgIpc) is 3.08. The topological polar surface area (TPSA) is 49.4 Å². The molecule has 2 atom stereocenters. The molecule has 130 valence electrons. The summed E-state index contributed by atoms with van der Waals surface area (Å²) in [5.74, 6) is -0.786. The molecule has 1 aliphatic carbocycles. The monoisotopic (exact) mass is 332 g/mol. The summed E-state index contributed by atoms with van der Waals surface area (Å²) >= 11 is 0. The minimum absolute atomic E-state index is 0.00401. The number of piperidine rings is 1. The molecule has 1 aromatic rings. The number of rotatable bonds is 4. The largest absolute Gasteiger partial charge is 0.353 e. The Kier molecular flexibility index (Phi) is 5.17. The molecule has 1 heterocycles. The molecule has 0 bridgehead atoms. The van der Waals surface area contributed by atoms with Crippen molar-refractivity contribution in [1.29, 1.82) is 0 Å². The predicted octanol–water partition coefficient (Wildman–Crippen LogP) is 3.18. The summed E-state index contributed by atoms with van der Waals surface area (Å²) in [5, 5.41) is 3.13. The van der Waals surface area contributed by atoms with E-state index in [1.54, 1.807) is 23.1 Å². The van der Waals surface area contributed by atoms with Gasteiger partial charge in [-0.1, -0.05) is 31.0 Å². The Balaban J connectivity index is 1.88. The smallest absolute Gasteiger partial charge is 0.225 e. The summed E-state index contributed by atoms with van der Waals surface area (Å²) in [6.45, 7) is 2.36. The normalized spacial score (nSPS) is 25.1. The molecule has 2 amide bonds. The lowest BCUT2D eigenvalue weighted by Gasteiger charge is -2.40. The molecule has 1 aromatic carbocycles. The highest BCUT2D eigenvalue weighted by molar-refractivity contribution is 5.85. The Labute approximate surface area is 142 Å². The number of nitrogens with one attached hydrogen (secondary N) is 1. The first-order valence-corrected chi connectivity index (χ1v) is 8.96. The summed E-state index contributed by atoms with van der Waals surface area (Å²) < 4.78 is 14.4. The van der Waals surface area contributed by atoms with Crippen LogP contribution >= 0.6 is 0 Å². The van der Waals surface area contributed by atoms with Crippen LogP contribution in [0, 0.1) is 11.7 Å². The van der Waals surface area contributed by atoms with Gasteiger partial charge >= 0.3 is 0 Å². The first kappa shape index (κ1) is 16.9. The van der Waals surface area contributed by atoms with Gasteiger partial charge in [0.2, 0.25) is 11.8 Å². The van der Waals surface area contributed by atoms with Gasteiger partial charge in [0.25, 0.3) is 0 Å². The SMILES string of the molecule is CCN1C(=O)CC[C@@H](C(=O)NC2CCCC2)[C@@H]1c1ccccc1F. The summed E-state index contributed by atoms with van der Waals surface area (Å²) in [7, 11) is 0. The van der Waals surface area contributed by atoms with E-state index in [-0.39, 0.29) is 29.6 Å². The van der Waals surface area contributed by atoms with Gasteiger partial charge in [0.05, 0.1) is 12.0 Å². The molecular weight excluding hydrogens is 307 g/mol. The Morgan fingerprint density at radius 3 is 2.62 bits per heavy atom. The Morgan fingerprint density at radius 1 is 1.25 bits per heavy atom. The number of hydrogen-bond donors (Lipinski definition) is 1. The Hall–Kier alpha value is -1.91. The van der Waals surface area contributed by atoms with E-state index in [1.807, 2.05) is 6.92 Å². The van der Waals surface area contributed by atoms with Crippen LogP contribution in [-0.2, 0) is 9.59 Å². The third-order valence-corrected chi connectivity index (χ3v) is 5.31. The van der Waals surface area contributed by atoms with Crippen LogP contribution in [0.3, 0.4) is 0 Å². The lowest BCUT2D eigenvalue weighted by atomic mass is 9.83. The number of amides is 2. The second-order valence-electron chi connectivity index (χ2n) is 6.78. The van der Waals surface area contributed by atoms with Crippen molar-refractivity contribution in [2.24, 2.45) is 5.92 Å². The zero-order valence-electron chi connectivity index (χ0n) is 14.1. The predicted molar refractivity (Wildman–Crippen MR) is 89.7 cm³/mol. The van der Waals surface area contributed by atoms with Crippen LogP contribution < -0.4 is 5.32 Å². The summed E-state index contributed by atoms with van der Waals surface area (Å²) in [4.78, 5) is 26.8. The van der Waals surface area contributed by atoms with Gasteiger partial charge < -0.3 is 10.2 Å². The zero-order valence-corrected chi connectivity index (χ0v) is 14.1. The van der Waals surface area contributed by atoms with Gasteiger partial charge in [0.1, 0.15) is 5.82 Å². The summed E-state index contributed by atoms with van der Waals surface area (Å²) in [6, 6.07) is 6.20. The van der Waals surface area contributed by atoms with Crippen LogP contribution in [-0.4, -0.2) is 29.3 Å². The Morgan fingerprint density at radius 2 is 1.96 bits per heavy atom. The van der Waals surface area contributed by atoms with E-state index >= 15 is 0 Å². The van der Waals surface area contributed by atoms with Gasteiger partial charge in [-0.05, 0) is 32.3 Å². The van der Waals surface area contributed by atoms with Crippen molar-refractivity contribution in [3.63, 3.8) is 0 Å². The molecule has 3 rings (SSSR count). The third kappa shape index (κ3) is 3.30. The van der Waals surface area contributed by atoms with E-state index in [0.717, 1.165) is 25.7 Å². The second kappa shape index (κ2) is 7.32. The minimum atomic E-state index is -0.515. The fraction of sp³-hybridized carbons (Fsp3) is 0.579. The van der Waals surface area contributed by atoms with Gasteiger partial charge in [-0.2, -0.15) is 0 Å². The number of carbonyl (C=O) groups is 2. The van der Waals surface area contributed by atoms with Crippen LogP contribution in [0.4, 0.5) is 4.39 Å². The van der Waals surface area contributed by atoms with Crippen molar-refractivity contribution in [1.82, 2.24) is 10.2 Å². The van der Waals surface area contributed by atoms with Crippen LogP contribution in [0.15, 0.2) is 24.3 Å². The van der Waals surface area contributed by atoms with Gasteiger partial charge in [-0.3, -0.25) is 9.59 Å². The summed E-state index contributed by atoms with van der Waals surface area (Å²) in [5.41, 5.74) is 0.443. The van der Waals surface area contributed by atoms with E-state index < -0.39 is 6.04 Å². The molecule has 1 saturated carbocycles. The molecule has 0 spiro atoms. The maximum absolute atomic E-state index is 14.4. The first-order chi connectivity index (χ1) is 11.6. The number of halogens is 1. The van der Waals surface area contributed by atoms with Crippen LogP contribution in [0.1, 0.15) is 57.1 Å². The van der Waals surface area contributed by atoms with Gasteiger partial charge in [-0.25, -0.2) is 4.39 Å². The maximum Gasteiger partial charge on any atom is 0.225 e. The van der Waals surface area contributed by atoms with Crippen molar-refractivity contribution >= 4 is 11.8 Å². The lowest BCUT2D eigenvalue weighted by molar-refractivity contribution is -0.143. The quantitative estimate of drug-likeness (QED) is 0.920. The molecule has 1 saturated heterocycles. The molecule has 4 nitrogen and oxygen atoms in total. The van der Waals surface area contributed by atoms with E-state index in [9.17, 15) is 14.0 Å². The molecule has 0 aromatic heterocycles. The molecule has 0 radical (unpaired) electrons. The van der Waals surface area contributed by atoms with E-state index in [4.69, 9.17) is 0 Å². The van der Waals surface area contributed by atoms with Crippen molar-refractivity contribution in [3.05, 3.63) is 35.6 Å². The standard InChI is InChI=1S/C19H25FN2O2/c1-2-22-17(23)12-11-15(19(24)21-13-7-3-4-8-13)18(22)14-9-5-6-10-16(14)20/h5-6,9-10,13,15,18H,2-4,7-8,11-12H2,1H3,(H,21,24)/t15-,18+/m1/s1. The number of benzene rings is 1. The van der Waals surface area contributed by atoms with E-state index in [1.165, 1.54) is 6.07 Å². The molecular formula is C19H25FN2O2. The van der Waals surface area contributed by atoms with Crippen LogP contribution in [0.5, 0.6) is 0 Å². The van der Waals surface area contributed by atoms with Gasteiger partial charge in [-0.15, -0.1) is 0 Å². The van der Waals surface area contributed by atoms with E-state index in [0.29, 0.717) is 24.9 Å². The van der Waals surface area contributed by atoms with Crippen LogP contribution in [0.2, 0.25) is 0 Å². The number of nitrogens with zero attached hydrogens (tertiary/aromatic N) is 1. The van der Waals surface area contributed by atoms with Crippen molar-refractivity contribution < 1.29 is 14.0 Å². The third-order valence-electron chi connectivity index (χ3n) is 5.31. The number of likely N-dealkylation sites (tertiary alicyclic amines) is 1. The fourth-order valence-corrected chi connectivity index (χ4v) is 4.08. The Bertz CT molecular complexity index is 613. The van der Waals surface area contributed by atoms with Gasteiger partial charge in [0.15, 0.2) is 0 Å². The van der Waals surface area contributed by atoms with Gasteiger partial charge in [0, 0.05) is 24.6 Å². The second-order valence-corrected chi connectivity index (χ2v) is 6.78. The highest BCUT2D eigenvalue weighted by Gasteiger charge is 2.41. The van der Waals surface area contributed by atoms with Crippen LogP contribution in [0.25, 0.3) is 0 Å². The van der Waals surface area contributed by atoms with Crippen molar-refractivity contribution in [2.45, 2.75) is 57.5 Å². The molecule has 0 unspecified atom stereocenters. The highest BCUT2D eigenvalue weighted by Crippen LogP contribution is 2.38. The van der Waals surface area contributed by atoms with Crippen molar-refractivity contribution in [3.8, 4) is 0 Å². The lowest BCUT2D eigenvalue weighted by Crippen LogP contribution is -2.49. The summed E-state index contributed by atoms with van der Waals surface area (Å²) in [6.07, 6.45) is 5.14.